The number of hydrogen-bond acceptors (Lipinski definition) is 3. The van der Waals surface area contributed by atoms with Crippen LogP contribution in [-0.4, -0.2) is 39.2 Å². The summed E-state index contributed by atoms with van der Waals surface area (Å²) in [5.74, 6) is 2.56. The van der Waals surface area contributed by atoms with Gasteiger partial charge < -0.3 is 0 Å². The number of piperidine rings is 2. The van der Waals surface area contributed by atoms with Gasteiger partial charge in [-0.3, -0.25) is 10.00 Å². The van der Waals surface area contributed by atoms with Crippen molar-refractivity contribution in [3.05, 3.63) is 47.5 Å². The number of fused-ring (bicyclic) bond motifs is 1. The molecular weight excluding hydrogens is 272 g/mol. The van der Waals surface area contributed by atoms with Gasteiger partial charge in [0.15, 0.2) is 5.82 Å². The van der Waals surface area contributed by atoms with Gasteiger partial charge in [-0.1, -0.05) is 36.8 Å². The van der Waals surface area contributed by atoms with Gasteiger partial charge in [-0.05, 0) is 44.3 Å². The summed E-state index contributed by atoms with van der Waals surface area (Å²) in [4.78, 5) is 7.50. The molecule has 2 aliphatic heterocycles. The van der Waals surface area contributed by atoms with E-state index in [1.54, 1.807) is 0 Å². The third-order valence-corrected chi connectivity index (χ3v) is 5.18. The van der Waals surface area contributed by atoms with Gasteiger partial charge in [-0.2, -0.15) is 5.10 Å². The van der Waals surface area contributed by atoms with Gasteiger partial charge in [0, 0.05) is 18.4 Å². The molecule has 4 nitrogen and oxygen atoms in total. The lowest BCUT2D eigenvalue weighted by Crippen LogP contribution is -2.47. The molecule has 1 N–H and O–H groups in total. The molecule has 0 bridgehead atoms. The van der Waals surface area contributed by atoms with Crippen molar-refractivity contribution in [2.45, 2.75) is 50.5 Å². The second-order valence-corrected chi connectivity index (χ2v) is 6.65. The van der Waals surface area contributed by atoms with E-state index in [1.165, 1.54) is 50.8 Å². The molecule has 22 heavy (non-hydrogen) atoms. The van der Waals surface area contributed by atoms with E-state index in [1.807, 2.05) is 0 Å². The number of nitrogens with zero attached hydrogens (tertiary/aromatic N) is 3. The van der Waals surface area contributed by atoms with Crippen LogP contribution < -0.4 is 0 Å². The highest BCUT2D eigenvalue weighted by Crippen LogP contribution is 2.36. The first-order valence-corrected chi connectivity index (χ1v) is 8.59. The molecule has 0 amide bonds. The standard InChI is InChI=1S/C18H24N4/c1-2-7-14(8-3-1)13-17-19-18(21-20-17)15-9-6-12-22-11-5-4-10-16(15)22/h1-3,7-8,15-16H,4-6,9-13H2,(H,19,20,21)/t15-,16-/m1/s1. The van der Waals surface area contributed by atoms with Gasteiger partial charge in [-0.15, -0.1) is 0 Å². The summed E-state index contributed by atoms with van der Waals surface area (Å²) in [6.07, 6.45) is 7.39. The Kier molecular flexibility index (Phi) is 3.94. The molecule has 0 saturated carbocycles. The van der Waals surface area contributed by atoms with E-state index in [-0.39, 0.29) is 0 Å². The average molecular weight is 296 g/mol. The Balaban J connectivity index is 1.50. The summed E-state index contributed by atoms with van der Waals surface area (Å²) in [6.45, 7) is 2.53. The van der Waals surface area contributed by atoms with E-state index in [2.05, 4.69) is 45.4 Å². The van der Waals surface area contributed by atoms with Gasteiger partial charge in [0.1, 0.15) is 5.82 Å². The highest BCUT2D eigenvalue weighted by atomic mass is 15.2. The molecular formula is C18H24N4. The molecule has 0 spiro atoms. The van der Waals surface area contributed by atoms with Crippen LogP contribution in [0.4, 0.5) is 0 Å². The molecule has 1 aromatic heterocycles. The van der Waals surface area contributed by atoms with Crippen molar-refractivity contribution in [3.63, 3.8) is 0 Å². The SMILES string of the molecule is c1ccc(Cc2nc([C@@H]3CCCN4CCCC[C@H]34)n[nH]2)cc1. The van der Waals surface area contributed by atoms with Crippen LogP contribution in [0.1, 0.15) is 55.2 Å². The maximum Gasteiger partial charge on any atom is 0.155 e. The molecule has 1 aromatic carbocycles. The second-order valence-electron chi connectivity index (χ2n) is 6.65. The first-order chi connectivity index (χ1) is 10.9. The minimum Gasteiger partial charge on any atom is -0.300 e. The number of rotatable bonds is 3. The topological polar surface area (TPSA) is 44.8 Å². The Bertz CT molecular complexity index is 605. The molecule has 2 aromatic rings. The quantitative estimate of drug-likeness (QED) is 0.946. The zero-order valence-electron chi connectivity index (χ0n) is 13.0. The van der Waals surface area contributed by atoms with Crippen LogP contribution in [0.2, 0.25) is 0 Å². The molecule has 4 heteroatoms. The van der Waals surface area contributed by atoms with Crippen LogP contribution in [0.3, 0.4) is 0 Å². The van der Waals surface area contributed by atoms with Crippen molar-refractivity contribution in [3.8, 4) is 0 Å². The van der Waals surface area contributed by atoms with E-state index >= 15 is 0 Å². The minimum atomic E-state index is 0.523. The summed E-state index contributed by atoms with van der Waals surface area (Å²) in [7, 11) is 0. The molecule has 116 valence electrons. The largest absolute Gasteiger partial charge is 0.300 e. The van der Waals surface area contributed by atoms with Crippen LogP contribution >= 0.6 is 0 Å². The van der Waals surface area contributed by atoms with Crippen LogP contribution in [0.25, 0.3) is 0 Å². The summed E-state index contributed by atoms with van der Waals surface area (Å²) in [6, 6.07) is 11.2. The lowest BCUT2D eigenvalue weighted by molar-refractivity contribution is 0.0866. The number of aromatic amines is 1. The van der Waals surface area contributed by atoms with Crippen molar-refractivity contribution >= 4 is 0 Å². The fourth-order valence-electron chi connectivity index (χ4n) is 4.10. The van der Waals surface area contributed by atoms with Crippen molar-refractivity contribution in [1.82, 2.24) is 20.1 Å². The first kappa shape index (κ1) is 13.9. The van der Waals surface area contributed by atoms with Gasteiger partial charge >= 0.3 is 0 Å². The molecule has 2 saturated heterocycles. The normalized spacial score (nSPS) is 25.8. The molecule has 0 radical (unpaired) electrons. The number of aromatic nitrogens is 3. The van der Waals surface area contributed by atoms with Gasteiger partial charge in [-0.25, -0.2) is 4.98 Å². The van der Waals surface area contributed by atoms with Crippen molar-refractivity contribution < 1.29 is 0 Å². The third kappa shape index (κ3) is 2.80. The molecule has 2 atom stereocenters. The van der Waals surface area contributed by atoms with E-state index in [4.69, 9.17) is 4.98 Å². The maximum atomic E-state index is 4.83. The fraction of sp³-hybridized carbons (Fsp3) is 0.556. The second kappa shape index (κ2) is 6.21. The lowest BCUT2D eigenvalue weighted by Gasteiger charge is -2.43. The highest BCUT2D eigenvalue weighted by Gasteiger charge is 2.35. The van der Waals surface area contributed by atoms with Gasteiger partial charge in [0.2, 0.25) is 0 Å². The summed E-state index contributed by atoms with van der Waals surface area (Å²) < 4.78 is 0. The summed E-state index contributed by atoms with van der Waals surface area (Å²) >= 11 is 0. The van der Waals surface area contributed by atoms with Crippen LogP contribution in [-0.2, 0) is 6.42 Å². The molecule has 0 aliphatic carbocycles. The predicted octanol–water partition coefficient (Wildman–Crippen LogP) is 3.13. The Morgan fingerprint density at radius 1 is 1.05 bits per heavy atom. The van der Waals surface area contributed by atoms with Crippen LogP contribution in [0, 0.1) is 0 Å². The first-order valence-electron chi connectivity index (χ1n) is 8.59. The molecule has 4 rings (SSSR count). The van der Waals surface area contributed by atoms with Crippen LogP contribution in [0.15, 0.2) is 30.3 Å². The molecule has 3 heterocycles. The zero-order valence-corrected chi connectivity index (χ0v) is 13.0. The number of hydrogen-bond donors (Lipinski definition) is 1. The van der Waals surface area contributed by atoms with Crippen molar-refractivity contribution in [2.24, 2.45) is 0 Å². The summed E-state index contributed by atoms with van der Waals surface area (Å²) in [5, 5.41) is 7.73. The zero-order chi connectivity index (χ0) is 14.8. The predicted molar refractivity (Wildman–Crippen MR) is 86.8 cm³/mol. The average Bonchev–Trinajstić information content (AvgIpc) is 3.03. The highest BCUT2D eigenvalue weighted by molar-refractivity contribution is 5.19. The van der Waals surface area contributed by atoms with Gasteiger partial charge in [0.05, 0.1) is 0 Å². The smallest absolute Gasteiger partial charge is 0.155 e. The van der Waals surface area contributed by atoms with Gasteiger partial charge in [0.25, 0.3) is 0 Å². The Hall–Kier alpha value is -1.68. The monoisotopic (exact) mass is 296 g/mol. The Morgan fingerprint density at radius 2 is 1.91 bits per heavy atom. The summed E-state index contributed by atoms with van der Waals surface area (Å²) in [5.41, 5.74) is 1.29. The number of benzene rings is 1. The molecule has 0 unspecified atom stereocenters. The lowest BCUT2D eigenvalue weighted by atomic mass is 9.83. The number of H-pyrrole nitrogens is 1. The van der Waals surface area contributed by atoms with E-state index in [0.29, 0.717) is 12.0 Å². The minimum absolute atomic E-state index is 0.523. The fourth-order valence-corrected chi connectivity index (χ4v) is 4.10. The molecule has 2 aliphatic rings. The van der Waals surface area contributed by atoms with Crippen molar-refractivity contribution in [2.75, 3.05) is 13.1 Å². The third-order valence-electron chi connectivity index (χ3n) is 5.18. The van der Waals surface area contributed by atoms with E-state index < -0.39 is 0 Å². The Labute approximate surface area is 132 Å². The van der Waals surface area contributed by atoms with Crippen LogP contribution in [0.5, 0.6) is 0 Å². The van der Waals surface area contributed by atoms with E-state index in [0.717, 1.165) is 18.1 Å². The van der Waals surface area contributed by atoms with Crippen molar-refractivity contribution in [1.29, 1.82) is 0 Å². The van der Waals surface area contributed by atoms with E-state index in [9.17, 15) is 0 Å². The molecule has 2 fully saturated rings. The number of nitrogens with one attached hydrogen (secondary N) is 1. The Morgan fingerprint density at radius 3 is 2.82 bits per heavy atom. The maximum absolute atomic E-state index is 4.83.